The van der Waals surface area contributed by atoms with Crippen LogP contribution in [0, 0.1) is 19.8 Å². The molecule has 1 atom stereocenters. The number of hydrogen-bond acceptors (Lipinski definition) is 4. The fraction of sp³-hybridized carbons (Fsp3) is 0.400. The molecule has 3 heterocycles. The molecule has 3 aliphatic rings. The van der Waals surface area contributed by atoms with Crippen LogP contribution in [0.15, 0.2) is 66.9 Å². The van der Waals surface area contributed by atoms with Gasteiger partial charge in [0.25, 0.3) is 0 Å². The van der Waals surface area contributed by atoms with Gasteiger partial charge in [0.05, 0.1) is 11.7 Å². The highest BCUT2D eigenvalue weighted by molar-refractivity contribution is 5.77. The summed E-state index contributed by atoms with van der Waals surface area (Å²) in [7, 11) is 0. The lowest BCUT2D eigenvalue weighted by Crippen LogP contribution is -2.38. The first-order chi connectivity index (χ1) is 20.0. The fourth-order valence-electron chi connectivity index (χ4n) is 6.81. The van der Waals surface area contributed by atoms with Crippen molar-refractivity contribution < 1.29 is 4.79 Å². The second kappa shape index (κ2) is 10.8. The summed E-state index contributed by atoms with van der Waals surface area (Å²) >= 11 is 0. The first kappa shape index (κ1) is 26.0. The normalized spacial score (nSPS) is 18.9. The number of rotatable bonds is 7. The summed E-state index contributed by atoms with van der Waals surface area (Å²) in [6.07, 6.45) is 9.32. The summed E-state index contributed by atoms with van der Waals surface area (Å²) < 4.78 is 1.89. The highest BCUT2D eigenvalue weighted by Crippen LogP contribution is 2.41. The van der Waals surface area contributed by atoms with E-state index < -0.39 is 0 Å². The summed E-state index contributed by atoms with van der Waals surface area (Å²) in [5.74, 6) is 2.41. The SMILES string of the molecule is Cc1cc(C2CCN(C(=O)CC3CC3)CC2)ccc1NC1CCc2cccc(-c3cccc(-n4nccc4C)n3)c21. The van der Waals surface area contributed by atoms with Crippen molar-refractivity contribution in [2.24, 2.45) is 5.92 Å². The van der Waals surface area contributed by atoms with Crippen molar-refractivity contribution in [1.82, 2.24) is 19.7 Å². The van der Waals surface area contributed by atoms with Crippen LogP contribution in [0.2, 0.25) is 0 Å². The Morgan fingerprint density at radius 2 is 1.78 bits per heavy atom. The summed E-state index contributed by atoms with van der Waals surface area (Å²) in [6.45, 7) is 6.06. The molecule has 6 nitrogen and oxygen atoms in total. The van der Waals surface area contributed by atoms with Gasteiger partial charge in [0, 0.05) is 42.7 Å². The van der Waals surface area contributed by atoms with Crippen LogP contribution < -0.4 is 5.32 Å². The van der Waals surface area contributed by atoms with Crippen LogP contribution >= 0.6 is 0 Å². The van der Waals surface area contributed by atoms with E-state index in [4.69, 9.17) is 4.98 Å². The van der Waals surface area contributed by atoms with E-state index in [1.807, 2.05) is 23.0 Å². The second-order valence-electron chi connectivity index (χ2n) is 12.3. The maximum atomic E-state index is 12.6. The van der Waals surface area contributed by atoms with Crippen LogP contribution in [0.25, 0.3) is 17.1 Å². The number of fused-ring (bicyclic) bond motifs is 1. The van der Waals surface area contributed by atoms with Crippen molar-refractivity contribution in [2.75, 3.05) is 18.4 Å². The molecule has 4 aromatic rings. The molecular weight excluding hydrogens is 506 g/mol. The predicted molar refractivity (Wildman–Crippen MR) is 163 cm³/mol. The van der Waals surface area contributed by atoms with Crippen molar-refractivity contribution in [2.45, 2.75) is 70.8 Å². The number of piperidine rings is 1. The van der Waals surface area contributed by atoms with E-state index in [1.165, 1.54) is 46.3 Å². The molecule has 7 rings (SSSR count). The average Bonchev–Trinajstić information content (AvgIpc) is 3.55. The van der Waals surface area contributed by atoms with Crippen molar-refractivity contribution >= 4 is 11.6 Å². The Bertz CT molecular complexity index is 1580. The maximum Gasteiger partial charge on any atom is 0.222 e. The molecule has 1 unspecified atom stereocenters. The third-order valence-corrected chi connectivity index (χ3v) is 9.37. The molecule has 1 aliphatic heterocycles. The van der Waals surface area contributed by atoms with Crippen molar-refractivity contribution in [3.8, 4) is 17.1 Å². The molecule has 6 heteroatoms. The first-order valence-corrected chi connectivity index (χ1v) is 15.3. The van der Waals surface area contributed by atoms with Crippen LogP contribution in [0.5, 0.6) is 0 Å². The van der Waals surface area contributed by atoms with Crippen LogP contribution in [0.4, 0.5) is 5.69 Å². The zero-order valence-corrected chi connectivity index (χ0v) is 24.1. The molecule has 1 N–H and O–H groups in total. The minimum absolute atomic E-state index is 0.239. The number of aryl methyl sites for hydroxylation is 3. The predicted octanol–water partition coefficient (Wildman–Crippen LogP) is 7.16. The van der Waals surface area contributed by atoms with Crippen LogP contribution in [0.1, 0.15) is 78.4 Å². The van der Waals surface area contributed by atoms with Crippen molar-refractivity contribution in [1.29, 1.82) is 0 Å². The molecule has 2 aliphatic carbocycles. The van der Waals surface area contributed by atoms with E-state index in [0.717, 1.165) is 62.4 Å². The molecule has 1 saturated heterocycles. The Morgan fingerprint density at radius 3 is 2.54 bits per heavy atom. The zero-order chi connectivity index (χ0) is 27.9. The van der Waals surface area contributed by atoms with Crippen molar-refractivity contribution in [3.05, 3.63) is 94.8 Å². The summed E-state index contributed by atoms with van der Waals surface area (Å²) in [5.41, 5.74) is 9.91. The van der Waals surface area contributed by atoms with Crippen LogP contribution in [0.3, 0.4) is 0 Å². The van der Waals surface area contributed by atoms with Gasteiger partial charge in [-0.15, -0.1) is 0 Å². The Morgan fingerprint density at radius 1 is 0.951 bits per heavy atom. The van der Waals surface area contributed by atoms with E-state index >= 15 is 0 Å². The van der Waals surface area contributed by atoms with E-state index in [-0.39, 0.29) is 6.04 Å². The minimum atomic E-state index is 0.239. The number of anilines is 1. The monoisotopic (exact) mass is 545 g/mol. The Hall–Kier alpha value is -3.93. The highest BCUT2D eigenvalue weighted by Gasteiger charge is 2.30. The lowest BCUT2D eigenvalue weighted by molar-refractivity contribution is -0.132. The van der Waals surface area contributed by atoms with E-state index in [9.17, 15) is 4.79 Å². The van der Waals surface area contributed by atoms with Gasteiger partial charge in [-0.25, -0.2) is 9.67 Å². The quantitative estimate of drug-likeness (QED) is 0.268. The molecule has 0 bridgehead atoms. The minimum Gasteiger partial charge on any atom is -0.378 e. The van der Waals surface area contributed by atoms with Crippen LogP contribution in [-0.2, 0) is 11.2 Å². The molecule has 2 aromatic carbocycles. The Balaban J connectivity index is 1.08. The summed E-state index contributed by atoms with van der Waals surface area (Å²) in [5, 5.41) is 8.37. The number of aromatic nitrogens is 3. The number of likely N-dealkylation sites (tertiary alicyclic amines) is 1. The molecule has 210 valence electrons. The molecule has 41 heavy (non-hydrogen) atoms. The van der Waals surface area contributed by atoms with Crippen LogP contribution in [-0.4, -0.2) is 38.7 Å². The third-order valence-electron chi connectivity index (χ3n) is 9.37. The second-order valence-corrected chi connectivity index (χ2v) is 12.3. The van der Waals surface area contributed by atoms with Gasteiger partial charge in [-0.05, 0) is 111 Å². The Kier molecular flexibility index (Phi) is 6.85. The van der Waals surface area contributed by atoms with Gasteiger partial charge in [0.1, 0.15) is 0 Å². The third kappa shape index (κ3) is 5.28. The number of carbonyl (C=O) groups is 1. The van der Waals surface area contributed by atoms with Crippen molar-refractivity contribution in [3.63, 3.8) is 0 Å². The number of carbonyl (C=O) groups excluding carboxylic acids is 1. The number of nitrogens with one attached hydrogen (secondary N) is 1. The van der Waals surface area contributed by atoms with E-state index in [0.29, 0.717) is 17.7 Å². The van der Waals surface area contributed by atoms with E-state index in [1.54, 1.807) is 0 Å². The first-order valence-electron chi connectivity index (χ1n) is 15.3. The molecule has 1 saturated carbocycles. The number of hydrogen-bond donors (Lipinski definition) is 1. The number of nitrogens with zero attached hydrogens (tertiary/aromatic N) is 4. The number of pyridine rings is 1. The van der Waals surface area contributed by atoms with Gasteiger partial charge in [-0.3, -0.25) is 4.79 Å². The number of benzene rings is 2. The van der Waals surface area contributed by atoms with Gasteiger partial charge in [0.15, 0.2) is 5.82 Å². The molecule has 1 amide bonds. The molecule has 2 fully saturated rings. The molecule has 0 spiro atoms. The van der Waals surface area contributed by atoms with Gasteiger partial charge >= 0.3 is 0 Å². The fourth-order valence-corrected chi connectivity index (χ4v) is 6.81. The van der Waals surface area contributed by atoms with Gasteiger partial charge in [0.2, 0.25) is 5.91 Å². The average molecular weight is 546 g/mol. The van der Waals surface area contributed by atoms with Gasteiger partial charge < -0.3 is 10.2 Å². The zero-order valence-electron chi connectivity index (χ0n) is 24.1. The van der Waals surface area contributed by atoms with Gasteiger partial charge in [-0.1, -0.05) is 36.4 Å². The maximum absolute atomic E-state index is 12.6. The van der Waals surface area contributed by atoms with E-state index in [2.05, 4.69) is 77.7 Å². The topological polar surface area (TPSA) is 63.1 Å². The van der Waals surface area contributed by atoms with Gasteiger partial charge in [-0.2, -0.15) is 5.10 Å². The lowest BCUT2D eigenvalue weighted by atomic mass is 9.88. The largest absolute Gasteiger partial charge is 0.378 e. The molecular formula is C35H39N5O. The Labute approximate surface area is 242 Å². The molecule has 2 aromatic heterocycles. The smallest absolute Gasteiger partial charge is 0.222 e. The summed E-state index contributed by atoms with van der Waals surface area (Å²) in [4.78, 5) is 19.7. The summed E-state index contributed by atoms with van der Waals surface area (Å²) in [6, 6.07) is 22.0. The number of amides is 1. The molecule has 0 radical (unpaired) electrons. The standard InChI is InChI=1S/C35H39N5O/c1-23-21-28(26-16-19-39(20-17-26)34(41)22-25-9-10-25)12-13-30(23)37-32-14-11-27-5-3-6-29(35(27)32)31-7-4-8-33(38-31)40-24(2)15-18-36-40/h3-8,12-13,15,18,21,25-26,32,37H,9-11,14,16-17,19-20,22H2,1-2H3. The lowest BCUT2D eigenvalue weighted by Gasteiger charge is -2.32. The highest BCUT2D eigenvalue weighted by atomic mass is 16.2.